The van der Waals surface area contributed by atoms with Crippen molar-refractivity contribution in [1.82, 2.24) is 5.32 Å². The first-order valence-corrected chi connectivity index (χ1v) is 3.40. The van der Waals surface area contributed by atoms with Crippen LogP contribution in [0.25, 0.3) is 0 Å². The molecule has 0 bridgehead atoms. The van der Waals surface area contributed by atoms with Crippen LogP contribution < -0.4 is 11.1 Å². The van der Waals surface area contributed by atoms with Gasteiger partial charge in [0, 0.05) is 13.1 Å². The van der Waals surface area contributed by atoms with Crippen LogP contribution in [0.4, 0.5) is 13.2 Å². The van der Waals surface area contributed by atoms with Crippen molar-refractivity contribution >= 4 is 5.96 Å². The zero-order valence-electron chi connectivity index (χ0n) is 6.94. The number of hydrogen-bond acceptors (Lipinski definition) is 1. The van der Waals surface area contributed by atoms with Gasteiger partial charge < -0.3 is 11.1 Å². The molecule has 0 heterocycles. The molecule has 0 aromatic heterocycles. The lowest BCUT2D eigenvalue weighted by Crippen LogP contribution is -2.40. The molecule has 72 valence electrons. The molecule has 3 nitrogen and oxygen atoms in total. The molecular formula is C6H12F3N3. The van der Waals surface area contributed by atoms with Crippen molar-refractivity contribution in [3.05, 3.63) is 0 Å². The summed E-state index contributed by atoms with van der Waals surface area (Å²) >= 11 is 0. The Bertz CT molecular complexity index is 164. The molecule has 1 atom stereocenters. The van der Waals surface area contributed by atoms with Crippen molar-refractivity contribution < 1.29 is 13.2 Å². The van der Waals surface area contributed by atoms with Gasteiger partial charge in [0.05, 0.1) is 6.42 Å². The van der Waals surface area contributed by atoms with E-state index in [0.717, 1.165) is 0 Å². The molecule has 12 heavy (non-hydrogen) atoms. The normalized spacial score (nSPS) is 15.9. The van der Waals surface area contributed by atoms with E-state index >= 15 is 0 Å². The summed E-state index contributed by atoms with van der Waals surface area (Å²) in [7, 11) is 1.41. The van der Waals surface area contributed by atoms with Crippen LogP contribution in [-0.4, -0.2) is 25.2 Å². The lowest BCUT2D eigenvalue weighted by molar-refractivity contribution is -0.138. The Morgan fingerprint density at radius 2 is 2.08 bits per heavy atom. The molecule has 0 rings (SSSR count). The minimum atomic E-state index is -4.17. The molecule has 3 N–H and O–H groups in total. The van der Waals surface area contributed by atoms with Crippen LogP contribution in [0.5, 0.6) is 0 Å². The Balaban J connectivity index is 3.82. The van der Waals surface area contributed by atoms with Gasteiger partial charge >= 0.3 is 6.18 Å². The van der Waals surface area contributed by atoms with Crippen LogP contribution in [0.2, 0.25) is 0 Å². The summed E-state index contributed by atoms with van der Waals surface area (Å²) in [4.78, 5) is 3.47. The van der Waals surface area contributed by atoms with E-state index in [1.165, 1.54) is 14.0 Å². The number of halogens is 3. The van der Waals surface area contributed by atoms with E-state index in [2.05, 4.69) is 10.3 Å². The van der Waals surface area contributed by atoms with Gasteiger partial charge in [0.25, 0.3) is 0 Å². The molecule has 0 saturated carbocycles. The summed E-state index contributed by atoms with van der Waals surface area (Å²) in [5.74, 6) is 0.0201. The number of nitrogens with zero attached hydrogens (tertiary/aromatic N) is 1. The molecule has 1 unspecified atom stereocenters. The van der Waals surface area contributed by atoms with E-state index in [4.69, 9.17) is 5.73 Å². The van der Waals surface area contributed by atoms with Gasteiger partial charge in [-0.2, -0.15) is 13.2 Å². The molecule has 0 radical (unpaired) electrons. The Hall–Kier alpha value is -0.940. The van der Waals surface area contributed by atoms with Crippen LogP contribution in [0.3, 0.4) is 0 Å². The zero-order chi connectivity index (χ0) is 9.78. The van der Waals surface area contributed by atoms with Gasteiger partial charge in [0.2, 0.25) is 0 Å². The van der Waals surface area contributed by atoms with Gasteiger partial charge in [0.1, 0.15) is 0 Å². The molecule has 0 aliphatic rings. The van der Waals surface area contributed by atoms with Gasteiger partial charge in [-0.15, -0.1) is 0 Å². The van der Waals surface area contributed by atoms with E-state index in [0.29, 0.717) is 0 Å². The zero-order valence-corrected chi connectivity index (χ0v) is 6.94. The molecule has 0 aliphatic heterocycles. The Morgan fingerprint density at radius 1 is 1.58 bits per heavy atom. The predicted octanol–water partition coefficient (Wildman–Crippen LogP) is 0.861. The molecule has 0 saturated heterocycles. The lowest BCUT2D eigenvalue weighted by Gasteiger charge is -2.15. The third-order valence-electron chi connectivity index (χ3n) is 1.17. The molecule has 0 aromatic rings. The number of rotatable bonds is 2. The van der Waals surface area contributed by atoms with Crippen molar-refractivity contribution in [2.45, 2.75) is 25.6 Å². The average Bonchev–Trinajstić information content (AvgIpc) is 1.82. The van der Waals surface area contributed by atoms with Gasteiger partial charge in [-0.1, -0.05) is 0 Å². The Kier molecular flexibility index (Phi) is 3.85. The number of hydrogen-bond donors (Lipinski definition) is 2. The number of aliphatic imine (C=N–C) groups is 1. The Labute approximate surface area is 68.8 Å². The fraction of sp³-hybridized carbons (Fsp3) is 0.833. The number of guanidine groups is 1. The van der Waals surface area contributed by atoms with E-state index in [1.54, 1.807) is 0 Å². The fourth-order valence-electron chi connectivity index (χ4n) is 0.715. The fourth-order valence-corrected chi connectivity index (χ4v) is 0.715. The highest BCUT2D eigenvalue weighted by molar-refractivity contribution is 5.77. The summed E-state index contributed by atoms with van der Waals surface area (Å²) < 4.78 is 35.2. The molecule has 0 fully saturated rings. The average molecular weight is 183 g/mol. The monoisotopic (exact) mass is 183 g/mol. The maximum atomic E-state index is 11.7. The van der Waals surface area contributed by atoms with Crippen LogP contribution in [0, 0.1) is 0 Å². The highest BCUT2D eigenvalue weighted by atomic mass is 19.4. The lowest BCUT2D eigenvalue weighted by atomic mass is 10.2. The molecule has 0 aromatic carbocycles. The van der Waals surface area contributed by atoms with Gasteiger partial charge in [-0.3, -0.25) is 4.99 Å². The van der Waals surface area contributed by atoms with Crippen LogP contribution in [0.15, 0.2) is 4.99 Å². The highest BCUT2D eigenvalue weighted by Crippen LogP contribution is 2.20. The first kappa shape index (κ1) is 11.1. The van der Waals surface area contributed by atoms with Crippen LogP contribution >= 0.6 is 0 Å². The molecule has 0 aliphatic carbocycles. The summed E-state index contributed by atoms with van der Waals surface area (Å²) in [6.07, 6.45) is -5.08. The third-order valence-corrected chi connectivity index (χ3v) is 1.17. The first-order chi connectivity index (χ1) is 5.35. The highest BCUT2D eigenvalue weighted by Gasteiger charge is 2.29. The van der Waals surface area contributed by atoms with Gasteiger partial charge in [-0.05, 0) is 6.92 Å². The number of alkyl halides is 3. The van der Waals surface area contributed by atoms with Crippen molar-refractivity contribution in [3.63, 3.8) is 0 Å². The van der Waals surface area contributed by atoms with Gasteiger partial charge in [-0.25, -0.2) is 0 Å². The van der Waals surface area contributed by atoms with Crippen LogP contribution in [0.1, 0.15) is 13.3 Å². The summed E-state index contributed by atoms with van der Waals surface area (Å²) in [5, 5.41) is 2.39. The van der Waals surface area contributed by atoms with Crippen molar-refractivity contribution in [1.29, 1.82) is 0 Å². The van der Waals surface area contributed by atoms with E-state index < -0.39 is 18.6 Å². The number of nitrogens with two attached hydrogens (primary N) is 1. The van der Waals surface area contributed by atoms with Crippen molar-refractivity contribution in [2.24, 2.45) is 10.7 Å². The largest absolute Gasteiger partial charge is 0.391 e. The molecule has 0 spiro atoms. The first-order valence-electron chi connectivity index (χ1n) is 3.40. The van der Waals surface area contributed by atoms with E-state index in [-0.39, 0.29) is 5.96 Å². The molecule has 6 heteroatoms. The minimum absolute atomic E-state index is 0.0201. The SMILES string of the molecule is CN=C(N)NC(C)CC(F)(F)F. The minimum Gasteiger partial charge on any atom is -0.370 e. The third kappa shape index (κ3) is 5.82. The summed E-state index contributed by atoms with van der Waals surface area (Å²) in [6.45, 7) is 1.39. The smallest absolute Gasteiger partial charge is 0.370 e. The van der Waals surface area contributed by atoms with E-state index in [1.807, 2.05) is 0 Å². The van der Waals surface area contributed by atoms with E-state index in [9.17, 15) is 13.2 Å². The summed E-state index contributed by atoms with van der Waals surface area (Å²) in [5.41, 5.74) is 5.16. The molecule has 0 amide bonds. The second kappa shape index (κ2) is 4.18. The maximum absolute atomic E-state index is 11.7. The molecular weight excluding hydrogens is 171 g/mol. The van der Waals surface area contributed by atoms with Gasteiger partial charge in [0.15, 0.2) is 5.96 Å². The number of nitrogens with one attached hydrogen (secondary N) is 1. The predicted molar refractivity (Wildman–Crippen MR) is 40.8 cm³/mol. The standard InChI is InChI=1S/C6H12F3N3/c1-4(3-6(7,8)9)12-5(10)11-2/h4H,3H2,1-2H3,(H3,10,11,12). The quantitative estimate of drug-likeness (QED) is 0.492. The van der Waals surface area contributed by atoms with Crippen molar-refractivity contribution in [3.8, 4) is 0 Å². The summed E-state index contributed by atoms with van der Waals surface area (Å²) in [6, 6.07) is -0.742. The Morgan fingerprint density at radius 3 is 2.42 bits per heavy atom. The maximum Gasteiger partial charge on any atom is 0.391 e. The topological polar surface area (TPSA) is 50.4 Å². The van der Waals surface area contributed by atoms with Crippen LogP contribution in [-0.2, 0) is 0 Å². The van der Waals surface area contributed by atoms with Crippen molar-refractivity contribution in [2.75, 3.05) is 7.05 Å². The second-order valence-corrected chi connectivity index (χ2v) is 2.47. The second-order valence-electron chi connectivity index (χ2n) is 2.47.